The van der Waals surface area contributed by atoms with Crippen molar-refractivity contribution in [1.82, 2.24) is 4.90 Å². The molecule has 1 heterocycles. The topological polar surface area (TPSA) is 54.5 Å². The van der Waals surface area contributed by atoms with Crippen LogP contribution in [0.4, 0.5) is 0 Å². The minimum Gasteiger partial charge on any atom is -0.340 e. The molecule has 1 saturated heterocycles. The lowest BCUT2D eigenvalue weighted by molar-refractivity contribution is -0.131. The summed E-state index contributed by atoms with van der Waals surface area (Å²) in [7, 11) is -3.10. The van der Waals surface area contributed by atoms with E-state index in [-0.39, 0.29) is 11.7 Å². The number of carbonyl (C=O) groups excluding carboxylic acids is 1. The summed E-state index contributed by atoms with van der Waals surface area (Å²) in [6.45, 7) is 4.41. The Kier molecular flexibility index (Phi) is 5.42. The molecule has 0 aromatic carbocycles. The molecule has 0 saturated carbocycles. The van der Waals surface area contributed by atoms with E-state index < -0.39 is 14.6 Å². The number of rotatable bonds is 5. The SMILES string of the molecule is C#CCCCC(=O)N1CCS(=O)(=O)C(CC)(CC)C1. The van der Waals surface area contributed by atoms with Crippen molar-refractivity contribution in [3.8, 4) is 12.3 Å². The van der Waals surface area contributed by atoms with Crippen LogP contribution in [0.25, 0.3) is 0 Å². The lowest BCUT2D eigenvalue weighted by Gasteiger charge is -2.41. The molecule has 4 nitrogen and oxygen atoms in total. The first kappa shape index (κ1) is 16.0. The second-order valence-corrected chi connectivity index (χ2v) is 7.59. The number of unbranched alkanes of at least 4 members (excludes halogenated alkanes) is 1. The average Bonchev–Trinajstić information content (AvgIpc) is 2.39. The third-order valence-corrected chi connectivity index (χ3v) is 6.87. The van der Waals surface area contributed by atoms with Gasteiger partial charge in [-0.15, -0.1) is 12.3 Å². The van der Waals surface area contributed by atoms with Crippen molar-refractivity contribution in [3.05, 3.63) is 0 Å². The largest absolute Gasteiger partial charge is 0.340 e. The summed E-state index contributed by atoms with van der Waals surface area (Å²) in [5.74, 6) is 2.61. The zero-order valence-electron chi connectivity index (χ0n) is 11.8. The maximum atomic E-state index is 12.2. The zero-order chi connectivity index (χ0) is 14.5. The number of amides is 1. The third-order valence-electron chi connectivity index (χ3n) is 4.12. The maximum Gasteiger partial charge on any atom is 0.222 e. The second kappa shape index (κ2) is 6.42. The van der Waals surface area contributed by atoms with E-state index in [1.807, 2.05) is 13.8 Å². The highest BCUT2D eigenvalue weighted by atomic mass is 32.2. The van der Waals surface area contributed by atoms with Gasteiger partial charge in [-0.2, -0.15) is 0 Å². The molecule has 0 N–H and O–H groups in total. The van der Waals surface area contributed by atoms with Crippen LogP contribution in [-0.4, -0.2) is 42.8 Å². The van der Waals surface area contributed by atoms with E-state index in [2.05, 4.69) is 5.92 Å². The molecule has 1 rings (SSSR count). The Morgan fingerprint density at radius 2 is 2.00 bits per heavy atom. The van der Waals surface area contributed by atoms with Crippen LogP contribution in [0.2, 0.25) is 0 Å². The molecule has 1 aliphatic rings. The monoisotopic (exact) mass is 285 g/mol. The Morgan fingerprint density at radius 1 is 1.37 bits per heavy atom. The normalized spacial score (nSPS) is 20.8. The summed E-state index contributed by atoms with van der Waals surface area (Å²) in [5.41, 5.74) is 0. The van der Waals surface area contributed by atoms with Gasteiger partial charge in [0.05, 0.1) is 10.5 Å². The number of carbonyl (C=O) groups is 1. The molecule has 5 heteroatoms. The second-order valence-electron chi connectivity index (χ2n) is 5.08. The van der Waals surface area contributed by atoms with E-state index in [0.29, 0.717) is 45.2 Å². The molecule has 1 aliphatic heterocycles. The van der Waals surface area contributed by atoms with Crippen LogP contribution in [0.3, 0.4) is 0 Å². The predicted octanol–water partition coefficient (Wildman–Crippen LogP) is 1.61. The minimum absolute atomic E-state index is 0.0245. The van der Waals surface area contributed by atoms with Crippen molar-refractivity contribution in [2.24, 2.45) is 0 Å². The van der Waals surface area contributed by atoms with E-state index in [1.165, 1.54) is 0 Å². The molecule has 0 bridgehead atoms. The van der Waals surface area contributed by atoms with Gasteiger partial charge in [0.2, 0.25) is 5.91 Å². The standard InChI is InChI=1S/C14H23NO3S/c1-4-7-8-9-13(16)15-10-11-19(17,18)14(5-2,6-3)12-15/h1H,5-12H2,2-3H3. The van der Waals surface area contributed by atoms with Crippen LogP contribution < -0.4 is 0 Å². The first-order valence-electron chi connectivity index (χ1n) is 6.86. The molecule has 108 valence electrons. The Hall–Kier alpha value is -1.02. The van der Waals surface area contributed by atoms with Crippen LogP contribution in [0.5, 0.6) is 0 Å². The molecule has 19 heavy (non-hydrogen) atoms. The molecule has 0 aromatic heterocycles. The molecular formula is C14H23NO3S. The Balaban J connectivity index is 2.76. The van der Waals surface area contributed by atoms with E-state index in [4.69, 9.17) is 6.42 Å². The molecule has 0 radical (unpaired) electrons. The molecule has 0 aliphatic carbocycles. The number of nitrogens with zero attached hydrogens (tertiary/aromatic N) is 1. The Morgan fingerprint density at radius 3 is 2.53 bits per heavy atom. The summed E-state index contributed by atoms with van der Waals surface area (Å²) >= 11 is 0. The number of hydrogen-bond donors (Lipinski definition) is 0. The van der Waals surface area contributed by atoms with Gasteiger partial charge in [0.1, 0.15) is 0 Å². The molecule has 1 fully saturated rings. The summed E-state index contributed by atoms with van der Waals surface area (Å²) in [5, 5.41) is 0. The quantitative estimate of drug-likeness (QED) is 0.569. The summed E-state index contributed by atoms with van der Waals surface area (Å²) < 4.78 is 23.7. The van der Waals surface area contributed by atoms with Crippen molar-refractivity contribution in [1.29, 1.82) is 0 Å². The number of terminal acetylenes is 1. The highest BCUT2D eigenvalue weighted by molar-refractivity contribution is 7.92. The zero-order valence-corrected chi connectivity index (χ0v) is 12.6. The van der Waals surface area contributed by atoms with Crippen LogP contribution in [0.1, 0.15) is 46.0 Å². The lowest BCUT2D eigenvalue weighted by Crippen LogP contribution is -2.57. The average molecular weight is 285 g/mol. The molecular weight excluding hydrogens is 262 g/mol. The number of hydrogen-bond acceptors (Lipinski definition) is 3. The van der Waals surface area contributed by atoms with Gasteiger partial charge in [-0.25, -0.2) is 8.42 Å². The van der Waals surface area contributed by atoms with E-state index in [9.17, 15) is 13.2 Å². The third kappa shape index (κ3) is 3.30. The van der Waals surface area contributed by atoms with E-state index in [0.717, 1.165) is 0 Å². The van der Waals surface area contributed by atoms with Crippen molar-refractivity contribution >= 4 is 15.7 Å². The van der Waals surface area contributed by atoms with Crippen LogP contribution in [0, 0.1) is 12.3 Å². The van der Waals surface area contributed by atoms with E-state index >= 15 is 0 Å². The molecule has 0 unspecified atom stereocenters. The van der Waals surface area contributed by atoms with Crippen LogP contribution in [-0.2, 0) is 14.6 Å². The van der Waals surface area contributed by atoms with Gasteiger partial charge in [-0.3, -0.25) is 4.79 Å². The van der Waals surface area contributed by atoms with Gasteiger partial charge in [0.15, 0.2) is 9.84 Å². The highest BCUT2D eigenvalue weighted by Gasteiger charge is 2.46. The fraction of sp³-hybridized carbons (Fsp3) is 0.786. The van der Waals surface area contributed by atoms with Gasteiger partial charge < -0.3 is 4.90 Å². The fourth-order valence-corrected chi connectivity index (χ4v) is 4.72. The fourth-order valence-electron chi connectivity index (χ4n) is 2.60. The van der Waals surface area contributed by atoms with Gasteiger partial charge in [-0.1, -0.05) is 13.8 Å². The molecule has 0 aromatic rings. The Bertz CT molecular complexity index is 458. The predicted molar refractivity (Wildman–Crippen MR) is 76.4 cm³/mol. The van der Waals surface area contributed by atoms with Crippen molar-refractivity contribution in [2.75, 3.05) is 18.8 Å². The smallest absolute Gasteiger partial charge is 0.222 e. The minimum atomic E-state index is -3.10. The van der Waals surface area contributed by atoms with Crippen molar-refractivity contribution < 1.29 is 13.2 Å². The molecule has 0 spiro atoms. The summed E-state index contributed by atoms with van der Waals surface area (Å²) in [6, 6.07) is 0. The van der Waals surface area contributed by atoms with Crippen molar-refractivity contribution in [2.45, 2.75) is 50.7 Å². The maximum absolute atomic E-state index is 12.2. The highest BCUT2D eigenvalue weighted by Crippen LogP contribution is 2.31. The van der Waals surface area contributed by atoms with Gasteiger partial charge in [-0.05, 0) is 19.3 Å². The van der Waals surface area contributed by atoms with E-state index in [1.54, 1.807) is 4.90 Å². The van der Waals surface area contributed by atoms with Gasteiger partial charge in [0, 0.05) is 25.9 Å². The molecule has 0 atom stereocenters. The first-order chi connectivity index (χ1) is 8.92. The van der Waals surface area contributed by atoms with Crippen LogP contribution in [0.15, 0.2) is 0 Å². The summed E-state index contributed by atoms with van der Waals surface area (Å²) in [6.07, 6.45) is 7.94. The van der Waals surface area contributed by atoms with Crippen LogP contribution >= 0.6 is 0 Å². The Labute approximate surface area is 116 Å². The number of sulfone groups is 1. The van der Waals surface area contributed by atoms with Gasteiger partial charge >= 0.3 is 0 Å². The van der Waals surface area contributed by atoms with Gasteiger partial charge in [0.25, 0.3) is 0 Å². The first-order valence-corrected chi connectivity index (χ1v) is 8.51. The molecule has 1 amide bonds. The lowest BCUT2D eigenvalue weighted by atomic mass is 10.0. The van der Waals surface area contributed by atoms with Crippen molar-refractivity contribution in [3.63, 3.8) is 0 Å². The summed E-state index contributed by atoms with van der Waals surface area (Å²) in [4.78, 5) is 13.8.